The number of imidazole rings is 1. The van der Waals surface area contributed by atoms with Crippen LogP contribution >= 0.6 is 0 Å². The second-order valence-electron chi connectivity index (χ2n) is 9.28. The Balaban J connectivity index is 1.18. The topological polar surface area (TPSA) is 46.9 Å². The van der Waals surface area contributed by atoms with E-state index in [9.17, 15) is 4.79 Å². The van der Waals surface area contributed by atoms with Gasteiger partial charge >= 0.3 is 0 Å². The summed E-state index contributed by atoms with van der Waals surface area (Å²) < 4.78 is 2.41. The maximum Gasteiger partial charge on any atom is 0.224 e. The van der Waals surface area contributed by atoms with Crippen LogP contribution in [0.1, 0.15) is 56.8 Å². The van der Waals surface area contributed by atoms with Crippen molar-refractivity contribution in [3.05, 3.63) is 90.3 Å². The molecule has 0 radical (unpaired) electrons. The molecule has 0 saturated heterocycles. The fraction of sp³-hybridized carbons (Fsp3) is 0.355. The van der Waals surface area contributed by atoms with Crippen LogP contribution in [0.5, 0.6) is 0 Å². The van der Waals surface area contributed by atoms with Crippen LogP contribution in [0.2, 0.25) is 0 Å². The Morgan fingerprint density at radius 2 is 1.54 bits per heavy atom. The van der Waals surface area contributed by atoms with Gasteiger partial charge in [-0.3, -0.25) is 4.79 Å². The zero-order valence-corrected chi connectivity index (χ0v) is 20.9. The number of carbonyl (C=O) groups is 1. The molecule has 0 spiro atoms. The number of nitrogens with zero attached hydrogens (tertiary/aromatic N) is 2. The fourth-order valence-electron chi connectivity index (χ4n) is 4.59. The monoisotopic (exact) mass is 467 g/mol. The van der Waals surface area contributed by atoms with Gasteiger partial charge in [0.2, 0.25) is 5.91 Å². The Bertz CT molecular complexity index is 1200. The second kappa shape index (κ2) is 12.9. The molecule has 4 heteroatoms. The number of nitrogens with one attached hydrogen (secondary N) is 1. The maximum atomic E-state index is 12.4. The van der Waals surface area contributed by atoms with Crippen molar-refractivity contribution in [1.82, 2.24) is 14.9 Å². The summed E-state index contributed by atoms with van der Waals surface area (Å²) in [6.07, 6.45) is 8.27. The van der Waals surface area contributed by atoms with Crippen molar-refractivity contribution >= 4 is 16.9 Å². The third-order valence-corrected chi connectivity index (χ3v) is 6.54. The quantitative estimate of drug-likeness (QED) is 0.216. The highest BCUT2D eigenvalue weighted by Gasteiger charge is 2.10. The predicted molar refractivity (Wildman–Crippen MR) is 145 cm³/mol. The Hall–Kier alpha value is -3.40. The lowest BCUT2D eigenvalue weighted by Gasteiger charge is -2.09. The summed E-state index contributed by atoms with van der Waals surface area (Å²) in [6, 6.07) is 27.1. The number of fused-ring (bicyclic) bond motifs is 1. The van der Waals surface area contributed by atoms with E-state index >= 15 is 0 Å². The van der Waals surface area contributed by atoms with Crippen LogP contribution in [-0.2, 0) is 24.2 Å². The molecule has 1 heterocycles. The smallest absolute Gasteiger partial charge is 0.224 e. The first-order chi connectivity index (χ1) is 17.2. The Labute approximate surface area is 209 Å². The molecule has 1 amide bonds. The highest BCUT2D eigenvalue weighted by Crippen LogP contribution is 2.20. The van der Waals surface area contributed by atoms with E-state index in [-0.39, 0.29) is 5.91 Å². The lowest BCUT2D eigenvalue weighted by molar-refractivity contribution is -0.120. The molecule has 0 aliphatic rings. The highest BCUT2D eigenvalue weighted by atomic mass is 16.1. The van der Waals surface area contributed by atoms with Gasteiger partial charge in [0, 0.05) is 19.5 Å². The van der Waals surface area contributed by atoms with E-state index in [1.165, 1.54) is 41.7 Å². The highest BCUT2D eigenvalue weighted by molar-refractivity contribution is 5.79. The molecule has 3 aromatic carbocycles. The Kier molecular flexibility index (Phi) is 9.11. The maximum absolute atomic E-state index is 12.4. The Morgan fingerprint density at radius 1 is 0.800 bits per heavy atom. The van der Waals surface area contributed by atoms with E-state index in [2.05, 4.69) is 77.5 Å². The summed E-state index contributed by atoms with van der Waals surface area (Å²) in [7, 11) is 0. The molecular formula is C31H37N3O. The number of benzene rings is 3. The molecule has 0 bridgehead atoms. The normalized spacial score (nSPS) is 11.1. The van der Waals surface area contributed by atoms with Gasteiger partial charge in [-0.1, -0.05) is 92.9 Å². The average Bonchev–Trinajstić information content (AvgIpc) is 3.24. The molecule has 35 heavy (non-hydrogen) atoms. The molecule has 0 unspecified atom stereocenters. The van der Waals surface area contributed by atoms with E-state index < -0.39 is 0 Å². The van der Waals surface area contributed by atoms with Gasteiger partial charge in [-0.05, 0) is 48.1 Å². The number of hydrogen-bond donors (Lipinski definition) is 1. The van der Waals surface area contributed by atoms with E-state index in [4.69, 9.17) is 4.98 Å². The molecule has 0 fully saturated rings. The summed E-state index contributed by atoms with van der Waals surface area (Å²) >= 11 is 0. The lowest BCUT2D eigenvalue weighted by Crippen LogP contribution is -2.26. The number of aryl methyl sites for hydroxylation is 2. The van der Waals surface area contributed by atoms with Crippen molar-refractivity contribution in [2.24, 2.45) is 0 Å². The van der Waals surface area contributed by atoms with Crippen LogP contribution in [0.3, 0.4) is 0 Å². The molecule has 4 nitrogen and oxygen atoms in total. The van der Waals surface area contributed by atoms with Crippen LogP contribution in [0.25, 0.3) is 22.2 Å². The van der Waals surface area contributed by atoms with Gasteiger partial charge in [-0.15, -0.1) is 0 Å². The van der Waals surface area contributed by atoms with Crippen molar-refractivity contribution in [2.45, 2.75) is 64.8 Å². The first-order valence-corrected chi connectivity index (χ1v) is 13.1. The zero-order valence-electron chi connectivity index (χ0n) is 20.9. The molecule has 182 valence electrons. The molecule has 0 saturated carbocycles. The molecule has 4 rings (SSSR count). The van der Waals surface area contributed by atoms with Gasteiger partial charge in [0.05, 0.1) is 17.5 Å². The van der Waals surface area contributed by atoms with E-state index in [1.54, 1.807) is 0 Å². The first-order valence-electron chi connectivity index (χ1n) is 13.1. The van der Waals surface area contributed by atoms with E-state index in [1.807, 2.05) is 18.2 Å². The van der Waals surface area contributed by atoms with Gasteiger partial charge in [0.1, 0.15) is 5.82 Å². The third-order valence-electron chi connectivity index (χ3n) is 6.54. The molecule has 0 aliphatic heterocycles. The van der Waals surface area contributed by atoms with Crippen molar-refractivity contribution in [3.63, 3.8) is 0 Å². The van der Waals surface area contributed by atoms with Crippen LogP contribution in [-0.4, -0.2) is 22.0 Å². The number of para-hydroxylation sites is 2. The van der Waals surface area contributed by atoms with E-state index in [0.29, 0.717) is 6.42 Å². The predicted octanol–water partition coefficient (Wildman–Crippen LogP) is 6.97. The summed E-state index contributed by atoms with van der Waals surface area (Å²) in [5.41, 5.74) is 5.77. The van der Waals surface area contributed by atoms with Crippen molar-refractivity contribution in [2.75, 3.05) is 6.54 Å². The van der Waals surface area contributed by atoms with Gasteiger partial charge in [-0.2, -0.15) is 0 Å². The van der Waals surface area contributed by atoms with Crippen LogP contribution in [0.15, 0.2) is 78.9 Å². The molecule has 1 N–H and O–H groups in total. The minimum Gasteiger partial charge on any atom is -0.356 e. The number of aromatic nitrogens is 2. The molecule has 4 aromatic rings. The fourth-order valence-corrected chi connectivity index (χ4v) is 4.59. The third kappa shape index (κ3) is 7.05. The van der Waals surface area contributed by atoms with Gasteiger partial charge < -0.3 is 9.88 Å². The average molecular weight is 468 g/mol. The van der Waals surface area contributed by atoms with Crippen molar-refractivity contribution in [1.29, 1.82) is 0 Å². The van der Waals surface area contributed by atoms with Crippen LogP contribution in [0, 0.1) is 0 Å². The molecule has 1 aromatic heterocycles. The molecular weight excluding hydrogens is 430 g/mol. The summed E-state index contributed by atoms with van der Waals surface area (Å²) in [5, 5.41) is 3.08. The molecule has 0 atom stereocenters. The standard InChI is InChI=1S/C31H37N3O/c1-2-3-12-23-34-29-16-10-9-15-28(29)33-30(34)17-8-5-11-22-32-31(35)24-25-18-20-27(21-19-25)26-13-6-4-7-14-26/h4,6-7,9-10,13-16,18-21H,2-3,5,8,11-12,17,22-24H2,1H3,(H,32,35). The second-order valence-corrected chi connectivity index (χ2v) is 9.28. The van der Waals surface area contributed by atoms with Crippen LogP contribution < -0.4 is 5.32 Å². The van der Waals surface area contributed by atoms with Gasteiger partial charge in [0.25, 0.3) is 0 Å². The van der Waals surface area contributed by atoms with Gasteiger partial charge in [0.15, 0.2) is 0 Å². The lowest BCUT2D eigenvalue weighted by atomic mass is 10.0. The summed E-state index contributed by atoms with van der Waals surface area (Å²) in [6.45, 7) is 4.02. The largest absolute Gasteiger partial charge is 0.356 e. The summed E-state index contributed by atoms with van der Waals surface area (Å²) in [4.78, 5) is 17.3. The van der Waals surface area contributed by atoms with Crippen LogP contribution in [0.4, 0.5) is 0 Å². The van der Waals surface area contributed by atoms with Crippen molar-refractivity contribution in [3.8, 4) is 11.1 Å². The SMILES string of the molecule is CCCCCn1c(CCCCCNC(=O)Cc2ccc(-c3ccccc3)cc2)nc2ccccc21. The van der Waals surface area contributed by atoms with Gasteiger partial charge in [-0.25, -0.2) is 4.98 Å². The summed E-state index contributed by atoms with van der Waals surface area (Å²) in [5.74, 6) is 1.29. The van der Waals surface area contributed by atoms with E-state index in [0.717, 1.165) is 49.9 Å². The Morgan fingerprint density at radius 3 is 2.34 bits per heavy atom. The minimum atomic E-state index is 0.0928. The number of hydrogen-bond acceptors (Lipinski definition) is 2. The first kappa shape index (κ1) is 24.7. The van der Waals surface area contributed by atoms with Crippen molar-refractivity contribution < 1.29 is 4.79 Å². The number of unbranched alkanes of at least 4 members (excludes halogenated alkanes) is 4. The number of carbonyl (C=O) groups excluding carboxylic acids is 1. The number of rotatable bonds is 13. The molecule has 0 aliphatic carbocycles. The minimum absolute atomic E-state index is 0.0928. The number of amides is 1. The zero-order chi connectivity index (χ0) is 24.3.